The van der Waals surface area contributed by atoms with Crippen molar-refractivity contribution in [2.24, 2.45) is 0 Å². The maximum Gasteiger partial charge on any atom is 0.312 e. The van der Waals surface area contributed by atoms with Crippen molar-refractivity contribution in [1.82, 2.24) is 0 Å². The summed E-state index contributed by atoms with van der Waals surface area (Å²) in [7, 11) is -18.4. The summed E-state index contributed by atoms with van der Waals surface area (Å²) in [4.78, 5) is 0. The van der Waals surface area contributed by atoms with Crippen molar-refractivity contribution in [2.45, 2.75) is 229 Å². The highest BCUT2D eigenvalue weighted by molar-refractivity contribution is 6.90. The van der Waals surface area contributed by atoms with Crippen LogP contribution in [0.3, 0.4) is 0 Å². The highest BCUT2D eigenvalue weighted by Crippen LogP contribution is 2.24. The van der Waals surface area contributed by atoms with Gasteiger partial charge in [0.2, 0.25) is 0 Å². The molecule has 0 aromatic carbocycles. The zero-order valence-electron chi connectivity index (χ0n) is 46.2. The van der Waals surface area contributed by atoms with Crippen LogP contribution < -0.4 is 0 Å². The molecule has 358 valence electrons. The summed E-state index contributed by atoms with van der Waals surface area (Å²) in [6, 6.07) is 0. The summed E-state index contributed by atoms with van der Waals surface area (Å²) in [5.41, 5.74) is 0. The van der Waals surface area contributed by atoms with Crippen LogP contribution in [0.25, 0.3) is 0 Å². The van der Waals surface area contributed by atoms with Gasteiger partial charge < -0.3 is 37.3 Å². The SMILES string of the molecule is CO[Si](C)(C)C.C[Si](C)(C)O[Si](C)(C)C.C[Si](C)(C)O[Si](C)(C)O[Si](C)(C)C.C[Si](C)(C)O[Si](C)(C)O[Si](C)(C)C.C[Si](C)(C)O[Si](C)(C)O[Si](C)(C)O[Si](C)(C)C. The van der Waals surface area contributed by atoms with Gasteiger partial charge >= 0.3 is 34.2 Å². The molecule has 0 radical (unpaired) electrons. The summed E-state index contributed by atoms with van der Waals surface area (Å²) in [5.74, 6) is 0. The van der Waals surface area contributed by atoms with E-state index in [1.54, 1.807) is 7.11 Å². The smallest absolute Gasteiger partial charge is 0.312 e. The van der Waals surface area contributed by atoms with E-state index in [0.29, 0.717) is 0 Å². The molecule has 0 N–H and O–H groups in total. The van der Waals surface area contributed by atoms with Crippen molar-refractivity contribution in [3.8, 4) is 0 Å². The van der Waals surface area contributed by atoms with E-state index in [0.717, 1.165) is 0 Å². The Bertz CT molecular complexity index is 982. The third kappa shape index (κ3) is 67.5. The second-order valence-corrected chi connectivity index (χ2v) is 81.8. The number of hydrogen-bond acceptors (Lipinski definition) is 9. The molecule has 0 heterocycles. The molecule has 0 bridgehead atoms. The van der Waals surface area contributed by atoms with Gasteiger partial charge in [0.05, 0.1) is 0 Å². The lowest BCUT2D eigenvalue weighted by atomic mass is 11.8. The molecule has 0 aliphatic carbocycles. The Morgan fingerprint density at radius 1 is 0.155 bits per heavy atom. The third-order valence-corrected chi connectivity index (χ3v) is 41.6. The van der Waals surface area contributed by atoms with Crippen LogP contribution in [-0.2, 0) is 37.3 Å². The first-order valence-corrected chi connectivity index (χ1v) is 63.3. The summed E-state index contributed by atoms with van der Waals surface area (Å²) in [6.07, 6.45) is 0. The Morgan fingerprint density at radius 3 is 0.328 bits per heavy atom. The minimum Gasteiger partial charge on any atom is -0.456 e. The summed E-state index contributed by atoms with van der Waals surface area (Å²) >= 11 is 0. The van der Waals surface area contributed by atoms with Crippen LogP contribution in [0.1, 0.15) is 0 Å². The van der Waals surface area contributed by atoms with Gasteiger partial charge in [-0.1, -0.05) is 0 Å². The van der Waals surface area contributed by atoms with E-state index < -0.39 is 109 Å². The van der Waals surface area contributed by atoms with Crippen LogP contribution in [0.15, 0.2) is 0 Å². The van der Waals surface area contributed by atoms with Crippen LogP contribution in [-0.4, -0.2) is 116 Å². The quantitative estimate of drug-likeness (QED) is 0.132. The molecule has 0 aromatic heterocycles. The van der Waals surface area contributed by atoms with Crippen LogP contribution >= 0.6 is 0 Å². The normalized spacial score (nSPS) is 14.5. The molecule has 0 aromatic rings. The van der Waals surface area contributed by atoms with Crippen molar-refractivity contribution >= 4 is 109 Å². The average molecular weight is 1050 g/mol. The average Bonchev–Trinajstić information content (AvgIpc) is 2.65. The van der Waals surface area contributed by atoms with Gasteiger partial charge in [-0.25, -0.2) is 0 Å². The van der Waals surface area contributed by atoms with Crippen LogP contribution in [0.4, 0.5) is 0 Å². The molecule has 0 atom stereocenters. The largest absolute Gasteiger partial charge is 0.456 e. The predicted molar refractivity (Wildman–Crippen MR) is 296 cm³/mol. The second-order valence-electron chi connectivity index (χ2n) is 25.6. The van der Waals surface area contributed by atoms with Gasteiger partial charge in [0.25, 0.3) is 0 Å². The van der Waals surface area contributed by atoms with Crippen molar-refractivity contribution in [1.29, 1.82) is 0 Å². The predicted octanol–water partition coefficient (Wildman–Crippen LogP) is 15.0. The monoisotopic (exact) mass is 1050 g/mol. The van der Waals surface area contributed by atoms with Gasteiger partial charge in [-0.3, -0.25) is 0 Å². The Hall–Kier alpha value is 2.46. The lowest BCUT2D eigenvalue weighted by Crippen LogP contribution is -2.55. The van der Waals surface area contributed by atoms with E-state index in [9.17, 15) is 0 Å². The molecular formula is C36H108O9Si13. The topological polar surface area (TPSA) is 83.1 Å². The van der Waals surface area contributed by atoms with Gasteiger partial charge in [-0.2, -0.15) is 0 Å². The van der Waals surface area contributed by atoms with Crippen molar-refractivity contribution < 1.29 is 37.3 Å². The number of hydrogen-bond donors (Lipinski definition) is 0. The molecule has 58 heavy (non-hydrogen) atoms. The molecule has 0 fully saturated rings. The maximum atomic E-state index is 6.28. The molecule has 0 saturated carbocycles. The highest BCUT2D eigenvalue weighted by Gasteiger charge is 2.41. The molecule has 22 heteroatoms. The summed E-state index contributed by atoms with van der Waals surface area (Å²) in [6.45, 7) is 76.9. The molecule has 0 aliphatic heterocycles. The minimum absolute atomic E-state index is 1.13. The lowest BCUT2D eigenvalue weighted by Gasteiger charge is -2.39. The third-order valence-electron chi connectivity index (χ3n) is 5.03. The molecule has 0 aliphatic rings. The molecular weight excluding hydrogens is 942 g/mol. The molecule has 0 saturated heterocycles. The van der Waals surface area contributed by atoms with E-state index in [4.69, 9.17) is 37.3 Å². The van der Waals surface area contributed by atoms with E-state index in [1.807, 2.05) is 0 Å². The first-order chi connectivity index (χ1) is 24.2. The van der Waals surface area contributed by atoms with E-state index in [2.05, 4.69) is 229 Å². The molecule has 0 spiro atoms. The van der Waals surface area contributed by atoms with Gasteiger partial charge in [0.15, 0.2) is 74.9 Å². The fourth-order valence-electron chi connectivity index (χ4n) is 6.02. The van der Waals surface area contributed by atoms with Gasteiger partial charge in [0.1, 0.15) is 0 Å². The van der Waals surface area contributed by atoms with Crippen LogP contribution in [0, 0.1) is 0 Å². The fourth-order valence-corrected chi connectivity index (χ4v) is 55.7. The Balaban J connectivity index is -0.000000209. The van der Waals surface area contributed by atoms with Crippen LogP contribution in [0.5, 0.6) is 0 Å². The van der Waals surface area contributed by atoms with Crippen molar-refractivity contribution in [2.75, 3.05) is 7.11 Å². The van der Waals surface area contributed by atoms with E-state index in [1.165, 1.54) is 0 Å². The van der Waals surface area contributed by atoms with Gasteiger partial charge in [0, 0.05) is 7.11 Å². The van der Waals surface area contributed by atoms with E-state index in [-0.39, 0.29) is 0 Å². The Morgan fingerprint density at radius 2 is 0.259 bits per heavy atom. The standard InChI is InChI=1S/C10H30O3Si4.2C8H24O2Si3.C6H18OSi2.C4H12OSi/c1-14(2,3)11-16(7,8)13-17(9,10)12-15(4,5)6;2*1-11(2,3)9-13(7,8)10-12(4,5)6;1-8(2,3)7-9(4,5)6;1-5-6(2,3)4/h1-10H3;2*1-8H3;1-6H3;1-4H3. The van der Waals surface area contributed by atoms with Gasteiger partial charge in [-0.15, -0.1) is 0 Å². The first-order valence-electron chi connectivity index (χ1n) is 21.4. The zero-order valence-corrected chi connectivity index (χ0v) is 59.2. The molecule has 9 nitrogen and oxygen atoms in total. The Kier molecular flexibility index (Phi) is 30.4. The van der Waals surface area contributed by atoms with E-state index >= 15 is 0 Å². The second kappa shape index (κ2) is 25.4. The number of rotatable bonds is 17. The maximum absolute atomic E-state index is 6.28. The zero-order chi connectivity index (χ0) is 48.9. The highest BCUT2D eigenvalue weighted by atomic mass is 28.5. The van der Waals surface area contributed by atoms with Gasteiger partial charge in [-0.05, 0) is 229 Å². The van der Waals surface area contributed by atoms with Crippen molar-refractivity contribution in [3.63, 3.8) is 0 Å². The minimum atomic E-state index is -2.05. The van der Waals surface area contributed by atoms with Crippen LogP contribution in [0.2, 0.25) is 229 Å². The first kappa shape index (κ1) is 69.5. The van der Waals surface area contributed by atoms with Crippen molar-refractivity contribution in [3.05, 3.63) is 0 Å². The molecule has 0 rings (SSSR count). The molecule has 0 amide bonds. The fraction of sp³-hybridized carbons (Fsp3) is 1.00. The lowest BCUT2D eigenvalue weighted by molar-refractivity contribution is 0.331. The summed E-state index contributed by atoms with van der Waals surface area (Å²) in [5, 5.41) is 0. The molecule has 0 unspecified atom stereocenters. The summed E-state index contributed by atoms with van der Waals surface area (Å²) < 4.78 is 54.0. The Labute approximate surface area is 380 Å².